The molecule has 0 radical (unpaired) electrons. The Morgan fingerprint density at radius 3 is 2.81 bits per heavy atom. The number of para-hydroxylation sites is 1. The van der Waals surface area contributed by atoms with Gasteiger partial charge in [-0.3, -0.25) is 9.69 Å². The van der Waals surface area contributed by atoms with Crippen LogP contribution in [0.2, 0.25) is 5.02 Å². The van der Waals surface area contributed by atoms with Crippen LogP contribution in [0, 0.1) is 5.92 Å². The average Bonchev–Trinajstić information content (AvgIpc) is 3.36. The second-order valence-electron chi connectivity index (χ2n) is 6.51. The summed E-state index contributed by atoms with van der Waals surface area (Å²) in [5.41, 5.74) is 0.665. The first-order valence-electron chi connectivity index (χ1n) is 8.83. The third-order valence-electron chi connectivity index (χ3n) is 4.66. The molecule has 4 rings (SSSR count). The van der Waals surface area contributed by atoms with Gasteiger partial charge in [0, 0.05) is 5.92 Å². The summed E-state index contributed by atoms with van der Waals surface area (Å²) in [5.74, 6) is 1.26. The topological polar surface area (TPSA) is 71.3 Å². The molecular formula is C19H19ClN4O2S. The van der Waals surface area contributed by atoms with Crippen LogP contribution in [-0.4, -0.2) is 34.0 Å². The van der Waals surface area contributed by atoms with Crippen LogP contribution in [0.25, 0.3) is 10.7 Å². The number of aromatic nitrogens is 2. The second-order valence-corrected chi connectivity index (χ2v) is 7.86. The summed E-state index contributed by atoms with van der Waals surface area (Å²) in [6, 6.07) is 11.2. The van der Waals surface area contributed by atoms with E-state index >= 15 is 0 Å². The summed E-state index contributed by atoms with van der Waals surface area (Å²) in [5, 5.41) is 9.52. The molecule has 1 saturated heterocycles. The van der Waals surface area contributed by atoms with Crippen LogP contribution in [-0.2, 0) is 11.3 Å². The number of likely N-dealkylation sites (tertiary alicyclic amines) is 1. The molecule has 140 valence electrons. The Kier molecular flexibility index (Phi) is 5.52. The highest BCUT2D eigenvalue weighted by molar-refractivity contribution is 7.13. The van der Waals surface area contributed by atoms with Crippen LogP contribution in [0.1, 0.15) is 18.7 Å². The van der Waals surface area contributed by atoms with Gasteiger partial charge in [0.1, 0.15) is 0 Å². The van der Waals surface area contributed by atoms with Crippen LogP contribution in [0.3, 0.4) is 0 Å². The predicted octanol–water partition coefficient (Wildman–Crippen LogP) is 4.30. The van der Waals surface area contributed by atoms with Gasteiger partial charge in [-0.2, -0.15) is 4.98 Å². The average molecular weight is 403 g/mol. The number of amides is 1. The van der Waals surface area contributed by atoms with E-state index in [0.717, 1.165) is 30.8 Å². The van der Waals surface area contributed by atoms with Gasteiger partial charge in [-0.05, 0) is 49.5 Å². The number of carbonyl (C=O) groups excluding carboxylic acids is 1. The van der Waals surface area contributed by atoms with Crippen molar-refractivity contribution in [2.24, 2.45) is 5.92 Å². The number of anilines is 1. The zero-order valence-corrected chi connectivity index (χ0v) is 16.2. The van der Waals surface area contributed by atoms with Crippen molar-refractivity contribution in [1.82, 2.24) is 15.0 Å². The Morgan fingerprint density at radius 1 is 1.26 bits per heavy atom. The second kappa shape index (κ2) is 8.21. The van der Waals surface area contributed by atoms with Gasteiger partial charge in [-0.1, -0.05) is 35.0 Å². The van der Waals surface area contributed by atoms with E-state index in [-0.39, 0.29) is 11.8 Å². The Balaban J connectivity index is 1.29. The molecule has 1 N–H and O–H groups in total. The number of thiophene rings is 1. The van der Waals surface area contributed by atoms with Gasteiger partial charge < -0.3 is 9.84 Å². The predicted molar refractivity (Wildman–Crippen MR) is 106 cm³/mol. The summed E-state index contributed by atoms with van der Waals surface area (Å²) >= 11 is 7.70. The molecule has 1 aromatic carbocycles. The first kappa shape index (κ1) is 18.2. The fraction of sp³-hybridized carbons (Fsp3) is 0.316. The molecule has 2 aromatic heterocycles. The molecule has 6 nitrogen and oxygen atoms in total. The van der Waals surface area contributed by atoms with Crippen molar-refractivity contribution < 1.29 is 9.32 Å². The lowest BCUT2D eigenvalue weighted by Gasteiger charge is -2.30. The van der Waals surface area contributed by atoms with Gasteiger partial charge >= 0.3 is 0 Å². The van der Waals surface area contributed by atoms with Crippen molar-refractivity contribution in [3.63, 3.8) is 0 Å². The number of nitrogens with zero attached hydrogens (tertiary/aromatic N) is 3. The molecule has 8 heteroatoms. The molecule has 3 heterocycles. The van der Waals surface area contributed by atoms with Crippen molar-refractivity contribution in [1.29, 1.82) is 0 Å². The van der Waals surface area contributed by atoms with Crippen molar-refractivity contribution in [3.8, 4) is 10.7 Å². The van der Waals surface area contributed by atoms with E-state index in [0.29, 0.717) is 29.0 Å². The van der Waals surface area contributed by atoms with Crippen molar-refractivity contribution in [2.75, 3.05) is 18.4 Å². The SMILES string of the molecule is O=C(Nc1ccccc1Cl)C1CCN(Cc2nc(-c3cccs3)no2)CC1. The highest BCUT2D eigenvalue weighted by Gasteiger charge is 2.26. The van der Waals surface area contributed by atoms with Gasteiger partial charge in [0.25, 0.3) is 0 Å². The van der Waals surface area contributed by atoms with Crippen LogP contribution in [0.5, 0.6) is 0 Å². The third kappa shape index (κ3) is 4.37. The molecule has 1 amide bonds. The monoisotopic (exact) mass is 402 g/mol. The molecule has 1 aliphatic rings. The maximum Gasteiger partial charge on any atom is 0.241 e. The minimum Gasteiger partial charge on any atom is -0.338 e. The highest BCUT2D eigenvalue weighted by Crippen LogP contribution is 2.25. The summed E-state index contributed by atoms with van der Waals surface area (Å²) in [6.45, 7) is 2.24. The Hall–Kier alpha value is -2.22. The van der Waals surface area contributed by atoms with E-state index in [2.05, 4.69) is 20.4 Å². The van der Waals surface area contributed by atoms with Crippen LogP contribution in [0.4, 0.5) is 5.69 Å². The fourth-order valence-corrected chi connectivity index (χ4v) is 4.00. The summed E-state index contributed by atoms with van der Waals surface area (Å²) in [4.78, 5) is 20.2. The molecule has 0 spiro atoms. The van der Waals surface area contributed by atoms with Crippen molar-refractivity contribution in [2.45, 2.75) is 19.4 Å². The molecule has 0 atom stereocenters. The molecule has 0 saturated carbocycles. The number of piperidine rings is 1. The summed E-state index contributed by atoms with van der Waals surface area (Å²) < 4.78 is 5.37. The van der Waals surface area contributed by atoms with Crippen molar-refractivity contribution >= 4 is 34.5 Å². The number of hydrogen-bond acceptors (Lipinski definition) is 6. The molecule has 1 fully saturated rings. The van der Waals surface area contributed by atoms with Gasteiger partial charge in [-0.25, -0.2) is 0 Å². The molecule has 1 aliphatic heterocycles. The Morgan fingerprint density at radius 2 is 2.07 bits per heavy atom. The standard InChI is InChI=1S/C19H19ClN4O2S/c20-14-4-1-2-5-15(14)21-19(25)13-7-9-24(10-8-13)12-17-22-18(23-26-17)16-6-3-11-27-16/h1-6,11,13H,7-10,12H2,(H,21,25). The first-order chi connectivity index (χ1) is 13.2. The lowest BCUT2D eigenvalue weighted by molar-refractivity contribution is -0.121. The molecule has 0 unspecified atom stereocenters. The smallest absolute Gasteiger partial charge is 0.241 e. The molecule has 3 aromatic rings. The molecular weight excluding hydrogens is 384 g/mol. The third-order valence-corrected chi connectivity index (χ3v) is 5.85. The van der Waals surface area contributed by atoms with E-state index in [1.807, 2.05) is 35.7 Å². The fourth-order valence-electron chi connectivity index (χ4n) is 3.17. The number of halogens is 1. The number of rotatable bonds is 5. The minimum atomic E-state index is -0.0121. The normalized spacial score (nSPS) is 15.7. The maximum absolute atomic E-state index is 12.5. The summed E-state index contributed by atoms with van der Waals surface area (Å²) in [7, 11) is 0. The molecule has 27 heavy (non-hydrogen) atoms. The Bertz CT molecular complexity index is 904. The highest BCUT2D eigenvalue weighted by atomic mass is 35.5. The number of hydrogen-bond donors (Lipinski definition) is 1. The minimum absolute atomic E-state index is 0.0121. The van der Waals surface area contributed by atoms with E-state index in [9.17, 15) is 4.79 Å². The lowest BCUT2D eigenvalue weighted by Crippen LogP contribution is -2.37. The Labute approximate surface area is 166 Å². The van der Waals surface area contributed by atoms with E-state index in [4.69, 9.17) is 16.1 Å². The largest absolute Gasteiger partial charge is 0.338 e. The van der Waals surface area contributed by atoms with Crippen LogP contribution < -0.4 is 5.32 Å². The molecule has 0 bridgehead atoms. The zero-order valence-electron chi connectivity index (χ0n) is 14.6. The number of carbonyl (C=O) groups is 1. The van der Waals surface area contributed by atoms with E-state index < -0.39 is 0 Å². The number of nitrogens with one attached hydrogen (secondary N) is 1. The van der Waals surface area contributed by atoms with E-state index in [1.54, 1.807) is 17.4 Å². The lowest BCUT2D eigenvalue weighted by atomic mass is 9.96. The molecule has 0 aliphatic carbocycles. The van der Waals surface area contributed by atoms with Crippen LogP contribution >= 0.6 is 22.9 Å². The van der Waals surface area contributed by atoms with Gasteiger partial charge in [0.05, 0.1) is 22.1 Å². The number of benzene rings is 1. The van der Waals surface area contributed by atoms with Gasteiger partial charge in [0.2, 0.25) is 17.6 Å². The van der Waals surface area contributed by atoms with Gasteiger partial charge in [-0.15, -0.1) is 11.3 Å². The first-order valence-corrected chi connectivity index (χ1v) is 10.1. The maximum atomic E-state index is 12.5. The van der Waals surface area contributed by atoms with Crippen molar-refractivity contribution in [3.05, 3.63) is 52.7 Å². The zero-order chi connectivity index (χ0) is 18.6. The quantitative estimate of drug-likeness (QED) is 0.688. The summed E-state index contributed by atoms with van der Waals surface area (Å²) in [6.07, 6.45) is 1.59. The van der Waals surface area contributed by atoms with Gasteiger partial charge in [0.15, 0.2) is 0 Å². The van der Waals surface area contributed by atoms with E-state index in [1.165, 1.54) is 0 Å². The van der Waals surface area contributed by atoms with Crippen LogP contribution in [0.15, 0.2) is 46.3 Å².